The summed E-state index contributed by atoms with van der Waals surface area (Å²) in [6.07, 6.45) is 0. The summed E-state index contributed by atoms with van der Waals surface area (Å²) in [5.74, 6) is 0.704. The number of hydrogen-bond acceptors (Lipinski definition) is 2. The Balaban J connectivity index is 0.945. The molecule has 0 aliphatic carbocycles. The Morgan fingerprint density at radius 3 is 1.43 bits per heavy atom. The quantitative estimate of drug-likeness (QED) is 0.169. The van der Waals surface area contributed by atoms with Gasteiger partial charge in [-0.1, -0.05) is 152 Å². The summed E-state index contributed by atoms with van der Waals surface area (Å²) in [4.78, 5) is 10.5. The van der Waals surface area contributed by atoms with Crippen LogP contribution in [0.1, 0.15) is 0 Å². The molecule has 0 amide bonds. The molecule has 280 valence electrons. The van der Waals surface area contributed by atoms with Gasteiger partial charge in [0.1, 0.15) is 0 Å². The van der Waals surface area contributed by atoms with E-state index in [0.29, 0.717) is 5.82 Å². The zero-order valence-corrected chi connectivity index (χ0v) is 32.6. The second-order valence-electron chi connectivity index (χ2n) is 15.4. The zero-order valence-electron chi connectivity index (χ0n) is 32.6. The molecule has 12 rings (SSSR count). The van der Waals surface area contributed by atoms with Crippen molar-refractivity contribution in [3.8, 4) is 56.3 Å². The van der Waals surface area contributed by atoms with Crippen molar-refractivity contribution in [3.05, 3.63) is 218 Å². The second-order valence-corrected chi connectivity index (χ2v) is 15.4. The summed E-state index contributed by atoms with van der Waals surface area (Å²) in [6.45, 7) is 0. The molecule has 0 aliphatic heterocycles. The maximum absolute atomic E-state index is 5.30. The highest BCUT2D eigenvalue weighted by molar-refractivity contribution is 6.11. The van der Waals surface area contributed by atoms with Crippen molar-refractivity contribution in [2.24, 2.45) is 0 Å². The van der Waals surface area contributed by atoms with E-state index in [9.17, 15) is 0 Å². The van der Waals surface area contributed by atoms with Crippen molar-refractivity contribution < 1.29 is 0 Å². The number of aromatic nitrogens is 4. The number of nitrogens with zero attached hydrogens (tertiary/aromatic N) is 4. The molecule has 0 spiro atoms. The highest BCUT2D eigenvalue weighted by Gasteiger charge is 2.17. The second kappa shape index (κ2) is 13.8. The lowest BCUT2D eigenvalue weighted by Gasteiger charge is -2.12. The monoisotopic (exact) mass is 764 g/mol. The Bertz CT molecular complexity index is 3570. The van der Waals surface area contributed by atoms with Gasteiger partial charge in [0.2, 0.25) is 0 Å². The highest BCUT2D eigenvalue weighted by Crippen LogP contribution is 2.38. The summed E-state index contributed by atoms with van der Waals surface area (Å²) in [7, 11) is 0. The molecule has 0 atom stereocenters. The average Bonchev–Trinajstić information content (AvgIpc) is 3.84. The number of benzene rings is 9. The first kappa shape index (κ1) is 34.0. The van der Waals surface area contributed by atoms with Gasteiger partial charge in [-0.25, -0.2) is 9.97 Å². The topological polar surface area (TPSA) is 35.6 Å². The van der Waals surface area contributed by atoms with E-state index in [4.69, 9.17) is 9.97 Å². The van der Waals surface area contributed by atoms with Crippen LogP contribution < -0.4 is 0 Å². The van der Waals surface area contributed by atoms with E-state index in [1.807, 2.05) is 0 Å². The average molecular weight is 765 g/mol. The lowest BCUT2D eigenvalue weighted by Crippen LogP contribution is -1.96. The van der Waals surface area contributed by atoms with E-state index < -0.39 is 0 Å². The Hall–Kier alpha value is -8.08. The fraction of sp³-hybridized carbons (Fsp3) is 0. The molecule has 0 saturated heterocycles. The van der Waals surface area contributed by atoms with Crippen LogP contribution in [0.3, 0.4) is 0 Å². The lowest BCUT2D eigenvalue weighted by molar-refractivity contribution is 1.18. The third kappa shape index (κ3) is 5.53. The molecule has 60 heavy (non-hydrogen) atoms. The molecule has 0 N–H and O–H groups in total. The predicted molar refractivity (Wildman–Crippen MR) is 250 cm³/mol. The van der Waals surface area contributed by atoms with Crippen LogP contribution in [0.25, 0.3) is 111 Å². The minimum atomic E-state index is 0.704. The summed E-state index contributed by atoms with van der Waals surface area (Å²) in [5.41, 5.74) is 15.5. The van der Waals surface area contributed by atoms with Crippen molar-refractivity contribution in [2.45, 2.75) is 0 Å². The Kier molecular flexibility index (Phi) is 7.82. The Labute approximate surface area is 346 Å². The Morgan fingerprint density at radius 2 is 0.733 bits per heavy atom. The summed E-state index contributed by atoms with van der Waals surface area (Å²) < 4.78 is 4.72. The van der Waals surface area contributed by atoms with Gasteiger partial charge in [0.25, 0.3) is 0 Å². The first-order valence-electron chi connectivity index (χ1n) is 20.4. The first-order chi connectivity index (χ1) is 29.7. The van der Waals surface area contributed by atoms with Crippen LogP contribution in [0.2, 0.25) is 0 Å². The van der Waals surface area contributed by atoms with E-state index in [1.165, 1.54) is 49.2 Å². The van der Waals surface area contributed by atoms with E-state index in [0.717, 1.165) is 55.8 Å². The van der Waals surface area contributed by atoms with E-state index in [1.54, 1.807) is 0 Å². The summed E-state index contributed by atoms with van der Waals surface area (Å²) >= 11 is 0. The predicted octanol–water partition coefficient (Wildman–Crippen LogP) is 14.5. The molecule has 0 saturated carbocycles. The molecule has 3 aromatic heterocycles. The highest BCUT2D eigenvalue weighted by atomic mass is 15.0. The SMILES string of the molecule is c1ccc(-c2nc(-c3ccc(-c4ccc5c(c4)c4ccccc4n5-c4ccccc4)cc3)nc3ccc(-c4ccc5c6ccccc6n(-c6ccccc6)c5c4)cc23)cc1. The number of para-hydroxylation sites is 4. The lowest BCUT2D eigenvalue weighted by atomic mass is 9.98. The van der Waals surface area contributed by atoms with Gasteiger partial charge in [0.05, 0.1) is 33.3 Å². The van der Waals surface area contributed by atoms with Gasteiger partial charge in [-0.15, -0.1) is 0 Å². The van der Waals surface area contributed by atoms with Gasteiger partial charge in [0, 0.05) is 49.4 Å². The molecule has 0 bridgehead atoms. The van der Waals surface area contributed by atoms with E-state index in [2.05, 4.69) is 228 Å². The number of rotatable bonds is 6. The van der Waals surface area contributed by atoms with Crippen molar-refractivity contribution in [1.29, 1.82) is 0 Å². The first-order valence-corrected chi connectivity index (χ1v) is 20.4. The maximum atomic E-state index is 5.30. The molecule has 0 unspecified atom stereocenters. The molecule has 4 nitrogen and oxygen atoms in total. The molecule has 0 fully saturated rings. The van der Waals surface area contributed by atoms with Crippen LogP contribution in [-0.2, 0) is 0 Å². The largest absolute Gasteiger partial charge is 0.309 e. The van der Waals surface area contributed by atoms with Gasteiger partial charge >= 0.3 is 0 Å². The van der Waals surface area contributed by atoms with Crippen LogP contribution in [0, 0.1) is 0 Å². The number of hydrogen-bond donors (Lipinski definition) is 0. The molecule has 0 radical (unpaired) electrons. The standard InChI is InChI=1S/C56H36N4/c1-4-14-38(15-5-1)55-49-35-41(42-28-31-47-45-20-10-12-22-51(45)60(54(47)36-42)44-18-8-3-9-19-44)29-32-50(49)57-56(58-55)39-26-24-37(25-27-39)40-30-33-53-48(34-40)46-21-11-13-23-52(46)59(53)43-16-6-2-7-17-43/h1-36H. The minimum absolute atomic E-state index is 0.704. The minimum Gasteiger partial charge on any atom is -0.309 e. The normalized spacial score (nSPS) is 11.7. The smallest absolute Gasteiger partial charge is 0.160 e. The molecule has 12 aromatic rings. The van der Waals surface area contributed by atoms with Gasteiger partial charge in [0.15, 0.2) is 5.82 Å². The third-order valence-electron chi connectivity index (χ3n) is 11.9. The van der Waals surface area contributed by atoms with Crippen molar-refractivity contribution in [1.82, 2.24) is 19.1 Å². The molecule has 4 heteroatoms. The van der Waals surface area contributed by atoms with E-state index >= 15 is 0 Å². The van der Waals surface area contributed by atoms with Gasteiger partial charge in [-0.3, -0.25) is 0 Å². The maximum Gasteiger partial charge on any atom is 0.160 e. The molecule has 9 aromatic carbocycles. The Morgan fingerprint density at radius 1 is 0.267 bits per heavy atom. The van der Waals surface area contributed by atoms with Crippen LogP contribution in [0.5, 0.6) is 0 Å². The van der Waals surface area contributed by atoms with Crippen molar-refractivity contribution >= 4 is 54.5 Å². The van der Waals surface area contributed by atoms with Crippen LogP contribution in [0.4, 0.5) is 0 Å². The van der Waals surface area contributed by atoms with Gasteiger partial charge in [-0.05, 0) is 89.0 Å². The summed E-state index contributed by atoms with van der Waals surface area (Å²) in [6, 6.07) is 77.9. The van der Waals surface area contributed by atoms with Gasteiger partial charge < -0.3 is 9.13 Å². The molecule has 3 heterocycles. The molecular weight excluding hydrogens is 729 g/mol. The van der Waals surface area contributed by atoms with Crippen molar-refractivity contribution in [2.75, 3.05) is 0 Å². The molecule has 0 aliphatic rings. The fourth-order valence-corrected chi connectivity index (χ4v) is 9.08. The van der Waals surface area contributed by atoms with Crippen molar-refractivity contribution in [3.63, 3.8) is 0 Å². The fourth-order valence-electron chi connectivity index (χ4n) is 9.08. The summed E-state index contributed by atoms with van der Waals surface area (Å²) in [5, 5.41) is 5.98. The molecular formula is C56H36N4. The third-order valence-corrected chi connectivity index (χ3v) is 11.9. The van der Waals surface area contributed by atoms with Crippen LogP contribution in [-0.4, -0.2) is 19.1 Å². The van der Waals surface area contributed by atoms with Crippen LogP contribution in [0.15, 0.2) is 218 Å². The van der Waals surface area contributed by atoms with Crippen LogP contribution >= 0.6 is 0 Å². The van der Waals surface area contributed by atoms with E-state index in [-0.39, 0.29) is 0 Å². The van der Waals surface area contributed by atoms with Gasteiger partial charge in [-0.2, -0.15) is 0 Å². The number of fused-ring (bicyclic) bond motifs is 7. The zero-order chi connectivity index (χ0) is 39.6.